The predicted molar refractivity (Wildman–Crippen MR) is 84.7 cm³/mol. The fourth-order valence-electron chi connectivity index (χ4n) is 2.16. The molecule has 0 radical (unpaired) electrons. The first-order chi connectivity index (χ1) is 9.75. The molecule has 0 saturated carbocycles. The second-order valence-corrected chi connectivity index (χ2v) is 5.14. The molecular formula is C19H22O. The largest absolute Gasteiger partial charge is 0.369 e. The van der Waals surface area contributed by atoms with Crippen molar-refractivity contribution < 1.29 is 4.74 Å². The molecule has 0 aromatic heterocycles. The van der Waals surface area contributed by atoms with Gasteiger partial charge in [-0.05, 0) is 25.8 Å². The van der Waals surface area contributed by atoms with E-state index in [9.17, 15) is 0 Å². The molecule has 0 spiro atoms. The molecule has 1 heterocycles. The smallest absolute Gasteiger partial charge is 0.0866 e. The van der Waals surface area contributed by atoms with Gasteiger partial charge in [-0.25, -0.2) is 0 Å². The van der Waals surface area contributed by atoms with E-state index < -0.39 is 0 Å². The van der Waals surface area contributed by atoms with Gasteiger partial charge in [-0.1, -0.05) is 77.9 Å². The molecule has 104 valence electrons. The number of hydrogen-bond donors (Lipinski definition) is 0. The van der Waals surface area contributed by atoms with Gasteiger partial charge in [0.15, 0.2) is 0 Å². The van der Waals surface area contributed by atoms with Crippen molar-refractivity contribution in [1.82, 2.24) is 0 Å². The summed E-state index contributed by atoms with van der Waals surface area (Å²) in [6, 6.07) is 20.7. The zero-order chi connectivity index (χ0) is 14.2. The summed E-state index contributed by atoms with van der Waals surface area (Å²) in [5, 5.41) is 0. The van der Waals surface area contributed by atoms with Crippen molar-refractivity contribution >= 4 is 0 Å². The molecule has 20 heavy (non-hydrogen) atoms. The van der Waals surface area contributed by atoms with Crippen LogP contribution in [0.3, 0.4) is 0 Å². The first-order valence-electron chi connectivity index (χ1n) is 7.09. The monoisotopic (exact) mass is 266 g/mol. The van der Waals surface area contributed by atoms with Crippen LogP contribution in [-0.2, 0) is 4.74 Å². The Bertz CT molecular complexity index is 528. The average Bonchev–Trinajstić information content (AvgIpc) is 2.50. The van der Waals surface area contributed by atoms with Gasteiger partial charge in [0.1, 0.15) is 0 Å². The highest BCUT2D eigenvalue weighted by molar-refractivity contribution is 5.20. The molecule has 1 unspecified atom stereocenters. The van der Waals surface area contributed by atoms with Gasteiger partial charge in [0.05, 0.1) is 12.7 Å². The molecule has 2 aromatic rings. The van der Waals surface area contributed by atoms with Gasteiger partial charge in [0, 0.05) is 0 Å². The van der Waals surface area contributed by atoms with Crippen molar-refractivity contribution in [1.29, 1.82) is 0 Å². The zero-order valence-corrected chi connectivity index (χ0v) is 12.3. The van der Waals surface area contributed by atoms with Gasteiger partial charge < -0.3 is 4.74 Å². The van der Waals surface area contributed by atoms with Crippen LogP contribution in [0.25, 0.3) is 0 Å². The maximum atomic E-state index is 5.66. The SMILES string of the molecule is CC1=CCOC(c2ccccc2)C1.Cc1ccccc1. The molecule has 0 fully saturated rings. The second-order valence-electron chi connectivity index (χ2n) is 5.14. The van der Waals surface area contributed by atoms with E-state index in [4.69, 9.17) is 4.74 Å². The van der Waals surface area contributed by atoms with Gasteiger partial charge in [-0.3, -0.25) is 0 Å². The summed E-state index contributed by atoms with van der Waals surface area (Å²) in [6.07, 6.45) is 3.45. The third kappa shape index (κ3) is 4.67. The van der Waals surface area contributed by atoms with Crippen molar-refractivity contribution in [3.8, 4) is 0 Å². The van der Waals surface area contributed by atoms with Gasteiger partial charge in [0.2, 0.25) is 0 Å². The lowest BCUT2D eigenvalue weighted by Gasteiger charge is -2.22. The van der Waals surface area contributed by atoms with Gasteiger partial charge >= 0.3 is 0 Å². The Morgan fingerprint density at radius 3 is 1.95 bits per heavy atom. The van der Waals surface area contributed by atoms with E-state index in [1.165, 1.54) is 16.7 Å². The third-order valence-electron chi connectivity index (χ3n) is 3.35. The molecule has 1 atom stereocenters. The van der Waals surface area contributed by atoms with E-state index in [0.717, 1.165) is 13.0 Å². The average molecular weight is 266 g/mol. The summed E-state index contributed by atoms with van der Waals surface area (Å²) < 4.78 is 5.66. The second kappa shape index (κ2) is 7.66. The van der Waals surface area contributed by atoms with Crippen LogP contribution >= 0.6 is 0 Å². The summed E-state index contributed by atoms with van der Waals surface area (Å²) in [4.78, 5) is 0. The Balaban J connectivity index is 0.000000178. The van der Waals surface area contributed by atoms with Crippen molar-refractivity contribution in [3.63, 3.8) is 0 Å². The molecule has 0 aliphatic carbocycles. The minimum absolute atomic E-state index is 0.270. The van der Waals surface area contributed by atoms with Crippen LogP contribution in [-0.4, -0.2) is 6.61 Å². The maximum absolute atomic E-state index is 5.66. The molecule has 1 aliphatic heterocycles. The highest BCUT2D eigenvalue weighted by Gasteiger charge is 2.14. The summed E-state index contributed by atoms with van der Waals surface area (Å²) in [7, 11) is 0. The van der Waals surface area contributed by atoms with E-state index in [1.54, 1.807) is 0 Å². The lowest BCUT2D eigenvalue weighted by Crippen LogP contribution is -2.09. The fraction of sp³-hybridized carbons (Fsp3) is 0.263. The molecule has 2 aromatic carbocycles. The standard InChI is InChI=1S/C12H14O.C7H8/c1-10-7-8-13-12(9-10)11-5-3-2-4-6-11;1-7-5-3-2-4-6-7/h2-7,12H,8-9H2,1H3;2-6H,1H3. The Hall–Kier alpha value is -1.86. The Labute approximate surface area is 121 Å². The third-order valence-corrected chi connectivity index (χ3v) is 3.35. The molecule has 3 rings (SSSR count). The summed E-state index contributed by atoms with van der Waals surface area (Å²) in [6.45, 7) is 5.00. The summed E-state index contributed by atoms with van der Waals surface area (Å²) >= 11 is 0. The van der Waals surface area contributed by atoms with E-state index in [0.29, 0.717) is 0 Å². The lowest BCUT2D eigenvalue weighted by atomic mass is 10.0. The highest BCUT2D eigenvalue weighted by Crippen LogP contribution is 2.27. The first-order valence-corrected chi connectivity index (χ1v) is 7.09. The van der Waals surface area contributed by atoms with Crippen molar-refractivity contribution in [2.24, 2.45) is 0 Å². The van der Waals surface area contributed by atoms with E-state index in [2.05, 4.69) is 56.3 Å². The lowest BCUT2D eigenvalue weighted by molar-refractivity contribution is 0.0641. The number of benzene rings is 2. The Morgan fingerprint density at radius 2 is 1.45 bits per heavy atom. The predicted octanol–water partition coefficient (Wildman–Crippen LogP) is 5.09. The minimum atomic E-state index is 0.270. The first kappa shape index (κ1) is 14.5. The molecule has 1 aliphatic rings. The van der Waals surface area contributed by atoms with Crippen molar-refractivity contribution in [2.75, 3.05) is 6.61 Å². The summed E-state index contributed by atoms with van der Waals surface area (Å²) in [5.41, 5.74) is 4.04. The van der Waals surface area contributed by atoms with Crippen molar-refractivity contribution in [3.05, 3.63) is 83.4 Å². The minimum Gasteiger partial charge on any atom is -0.369 e. The molecule has 1 heteroatoms. The summed E-state index contributed by atoms with van der Waals surface area (Å²) in [5.74, 6) is 0. The van der Waals surface area contributed by atoms with Gasteiger partial charge in [-0.2, -0.15) is 0 Å². The number of hydrogen-bond acceptors (Lipinski definition) is 1. The van der Waals surface area contributed by atoms with Crippen LogP contribution in [0, 0.1) is 6.92 Å². The molecule has 1 nitrogen and oxygen atoms in total. The zero-order valence-electron chi connectivity index (χ0n) is 12.3. The van der Waals surface area contributed by atoms with Crippen LogP contribution in [0.15, 0.2) is 72.3 Å². The molecule has 0 amide bonds. The highest BCUT2D eigenvalue weighted by atomic mass is 16.5. The quantitative estimate of drug-likeness (QED) is 0.653. The number of ether oxygens (including phenoxy) is 1. The molecule has 0 saturated heterocycles. The van der Waals surface area contributed by atoms with E-state index >= 15 is 0 Å². The molecular weight excluding hydrogens is 244 g/mol. The van der Waals surface area contributed by atoms with Crippen LogP contribution in [0.5, 0.6) is 0 Å². The fourth-order valence-corrected chi connectivity index (χ4v) is 2.16. The van der Waals surface area contributed by atoms with Crippen LogP contribution in [0.2, 0.25) is 0 Å². The maximum Gasteiger partial charge on any atom is 0.0866 e. The number of rotatable bonds is 1. The van der Waals surface area contributed by atoms with Crippen molar-refractivity contribution in [2.45, 2.75) is 26.4 Å². The Kier molecular flexibility index (Phi) is 5.57. The van der Waals surface area contributed by atoms with Gasteiger partial charge in [0.25, 0.3) is 0 Å². The number of aryl methyl sites for hydroxylation is 1. The van der Waals surface area contributed by atoms with Crippen LogP contribution in [0.4, 0.5) is 0 Å². The molecule has 0 N–H and O–H groups in total. The Morgan fingerprint density at radius 1 is 0.850 bits per heavy atom. The van der Waals surface area contributed by atoms with E-state index in [1.807, 2.05) is 24.3 Å². The van der Waals surface area contributed by atoms with Crippen LogP contribution < -0.4 is 0 Å². The van der Waals surface area contributed by atoms with Gasteiger partial charge in [-0.15, -0.1) is 0 Å². The topological polar surface area (TPSA) is 9.23 Å². The van der Waals surface area contributed by atoms with E-state index in [-0.39, 0.29) is 6.10 Å². The normalized spacial score (nSPS) is 17.7. The van der Waals surface area contributed by atoms with Crippen LogP contribution in [0.1, 0.15) is 30.6 Å². The molecule has 0 bridgehead atoms.